The van der Waals surface area contributed by atoms with Crippen LogP contribution in [-0.2, 0) is 9.59 Å². The number of benzene rings is 2. The summed E-state index contributed by atoms with van der Waals surface area (Å²) >= 11 is 6.72. The highest BCUT2D eigenvalue weighted by atomic mass is 79.9. The molecule has 3 aliphatic heterocycles. The van der Waals surface area contributed by atoms with Crippen LogP contribution in [0.25, 0.3) is 22.3 Å². The Kier molecular flexibility index (Phi) is 13.5. The van der Waals surface area contributed by atoms with Gasteiger partial charge in [0.25, 0.3) is 11.8 Å². The maximum absolute atomic E-state index is 12.2. The zero-order chi connectivity index (χ0) is 43.2. The number of aryl methyl sites for hydroxylation is 2. The van der Waals surface area contributed by atoms with Crippen LogP contribution in [0.4, 0.5) is 23.5 Å². The smallest absolute Gasteiger partial charge is 0.263 e. The van der Waals surface area contributed by atoms with Crippen LogP contribution in [0.15, 0.2) is 69.9 Å². The van der Waals surface area contributed by atoms with E-state index in [-0.39, 0.29) is 31.6 Å². The molecule has 0 radical (unpaired) electrons. The predicted molar refractivity (Wildman–Crippen MR) is 240 cm³/mol. The fourth-order valence-corrected chi connectivity index (χ4v) is 7.81. The molecule has 9 rings (SSSR count). The minimum absolute atomic E-state index is 0.124. The van der Waals surface area contributed by atoms with Gasteiger partial charge in [-0.2, -0.15) is 9.97 Å². The number of aliphatic hydroxyl groups excluding tert-OH is 1. The molecule has 2 bridgehead atoms. The molecule has 62 heavy (non-hydrogen) atoms. The molecule has 21 heteroatoms. The zero-order valence-electron chi connectivity index (χ0n) is 34.0. The van der Waals surface area contributed by atoms with Crippen molar-refractivity contribution in [1.82, 2.24) is 50.1 Å². The van der Waals surface area contributed by atoms with Crippen LogP contribution in [-0.4, -0.2) is 139 Å². The fraction of sp³-hybridized carbons (Fsp3) is 0.366. The second-order valence-electron chi connectivity index (χ2n) is 14.9. The summed E-state index contributed by atoms with van der Waals surface area (Å²) < 4.78 is 12.9. The number of aliphatic hydroxyl groups is 1. The van der Waals surface area contributed by atoms with E-state index in [1.54, 1.807) is 24.3 Å². The molecule has 0 spiro atoms. The van der Waals surface area contributed by atoms with Crippen molar-refractivity contribution in [2.45, 2.75) is 32.4 Å². The molecule has 7 heterocycles. The molecule has 4 aromatic heterocycles. The summed E-state index contributed by atoms with van der Waals surface area (Å²) in [6.45, 7) is 9.45. The largest absolute Gasteiger partial charge is 0.484 e. The maximum atomic E-state index is 12.2. The van der Waals surface area contributed by atoms with E-state index in [4.69, 9.17) is 14.6 Å². The number of hydrogen-bond donors (Lipinski definition) is 4. The van der Waals surface area contributed by atoms with Gasteiger partial charge in [0.15, 0.2) is 36.1 Å². The van der Waals surface area contributed by atoms with Crippen LogP contribution in [0.5, 0.6) is 11.5 Å². The summed E-state index contributed by atoms with van der Waals surface area (Å²) in [4.78, 5) is 67.2. The van der Waals surface area contributed by atoms with Gasteiger partial charge in [-0.25, -0.2) is 29.9 Å². The van der Waals surface area contributed by atoms with Crippen LogP contribution in [0.1, 0.15) is 17.8 Å². The summed E-state index contributed by atoms with van der Waals surface area (Å²) in [6, 6.07) is 15.5. The molecule has 6 aromatic rings. The third-order valence-corrected chi connectivity index (χ3v) is 11.5. The average molecular weight is 973 g/mol. The Morgan fingerprint density at radius 3 is 1.74 bits per heavy atom. The van der Waals surface area contributed by atoms with Crippen molar-refractivity contribution in [3.8, 4) is 11.5 Å². The fourth-order valence-electron chi connectivity index (χ4n) is 7.29. The van der Waals surface area contributed by atoms with Gasteiger partial charge >= 0.3 is 0 Å². The number of β-amino-alcohol motifs (C(OH)–C–C–N with tert-alkyl or cyclic N) is 1. The van der Waals surface area contributed by atoms with Gasteiger partial charge in [-0.05, 0) is 68.8 Å². The first kappa shape index (κ1) is 42.9. The Morgan fingerprint density at radius 2 is 1.26 bits per heavy atom. The molecule has 19 nitrogen and oxygen atoms in total. The van der Waals surface area contributed by atoms with Crippen molar-refractivity contribution in [3.05, 3.63) is 81.3 Å². The monoisotopic (exact) mass is 970 g/mol. The van der Waals surface area contributed by atoms with Crippen LogP contribution in [0, 0.1) is 13.8 Å². The van der Waals surface area contributed by atoms with Gasteiger partial charge in [0, 0.05) is 66.8 Å². The van der Waals surface area contributed by atoms with E-state index in [2.05, 4.69) is 102 Å². The van der Waals surface area contributed by atoms with Crippen LogP contribution in [0.2, 0.25) is 0 Å². The van der Waals surface area contributed by atoms with Crippen molar-refractivity contribution in [1.29, 1.82) is 0 Å². The van der Waals surface area contributed by atoms with E-state index in [1.165, 1.54) is 12.4 Å². The standard InChI is InChI=1S/C21H24BrN7O3.C20H20BrN7O2/c1-14-19-20(27-21(24-14)29-8-6-28(7-9-29)10-11-30)23-12-17(26-19)25-18(31)13-32-16-4-2-15(22)3-5-16;1-11-18-19(27-20(24-11)28-9-13-6-14(28)7-22-13)23-8-16(26-18)25-17(29)10-30-15-4-2-12(21)3-5-15/h2-5,12,30H,6-11,13H2,1H3,(H,25,26,31);2-5,8,13-14,22H,6-7,9-10H2,1H3,(H,25,26,29). The lowest BCUT2D eigenvalue weighted by Gasteiger charge is -2.34. The van der Waals surface area contributed by atoms with Gasteiger partial charge in [-0.15, -0.1) is 0 Å². The summed E-state index contributed by atoms with van der Waals surface area (Å²) in [6.07, 6.45) is 4.11. The first-order chi connectivity index (χ1) is 30.1. The topological polar surface area (TPSA) is 222 Å². The van der Waals surface area contributed by atoms with Crippen LogP contribution in [0.3, 0.4) is 0 Å². The highest BCUT2D eigenvalue weighted by molar-refractivity contribution is 9.10. The number of hydrogen-bond acceptors (Lipinski definition) is 17. The molecule has 2 unspecified atom stereocenters. The molecular formula is C41H44Br2N14O5. The Morgan fingerprint density at radius 1 is 0.742 bits per heavy atom. The van der Waals surface area contributed by atoms with E-state index < -0.39 is 0 Å². The van der Waals surface area contributed by atoms with Crippen molar-refractivity contribution in [2.24, 2.45) is 0 Å². The van der Waals surface area contributed by atoms with E-state index in [0.29, 0.717) is 81.7 Å². The highest BCUT2D eigenvalue weighted by Gasteiger charge is 2.39. The number of amides is 2. The number of aromatic nitrogens is 8. The number of nitrogens with zero attached hydrogens (tertiary/aromatic N) is 11. The lowest BCUT2D eigenvalue weighted by Crippen LogP contribution is -2.47. The van der Waals surface area contributed by atoms with Gasteiger partial charge < -0.3 is 40.3 Å². The number of rotatable bonds is 12. The molecule has 3 aliphatic rings. The molecule has 0 saturated carbocycles. The third-order valence-electron chi connectivity index (χ3n) is 10.4. The van der Waals surface area contributed by atoms with E-state index >= 15 is 0 Å². The minimum atomic E-state index is -0.336. The maximum Gasteiger partial charge on any atom is 0.263 e. The van der Waals surface area contributed by atoms with E-state index in [9.17, 15) is 9.59 Å². The Balaban J connectivity index is 0.000000171. The number of ether oxygens (including phenoxy) is 2. The molecule has 2 aromatic carbocycles. The average Bonchev–Trinajstić information content (AvgIpc) is 3.92. The Labute approximate surface area is 373 Å². The molecule has 322 valence electrons. The highest BCUT2D eigenvalue weighted by Crippen LogP contribution is 2.28. The van der Waals surface area contributed by atoms with Crippen molar-refractivity contribution >= 4 is 89.5 Å². The quantitative estimate of drug-likeness (QED) is 0.137. The number of piperazine rings is 2. The molecule has 0 aliphatic carbocycles. The predicted octanol–water partition coefficient (Wildman–Crippen LogP) is 3.68. The van der Waals surface area contributed by atoms with Gasteiger partial charge in [0.05, 0.1) is 30.4 Å². The summed E-state index contributed by atoms with van der Waals surface area (Å²) in [5.74, 6) is 2.53. The second-order valence-corrected chi connectivity index (χ2v) is 16.7. The van der Waals surface area contributed by atoms with E-state index in [1.807, 2.05) is 38.1 Å². The van der Waals surface area contributed by atoms with Gasteiger partial charge in [0.1, 0.15) is 22.5 Å². The number of carbonyl (C=O) groups excluding carboxylic acids is 2. The van der Waals surface area contributed by atoms with E-state index in [0.717, 1.165) is 60.3 Å². The number of nitrogens with one attached hydrogen (secondary N) is 3. The zero-order valence-corrected chi connectivity index (χ0v) is 37.1. The molecule has 4 N–H and O–H groups in total. The number of anilines is 4. The second kappa shape index (κ2) is 19.5. The Hall–Kier alpha value is -5.74. The molecular weight excluding hydrogens is 928 g/mol. The summed E-state index contributed by atoms with van der Waals surface area (Å²) in [7, 11) is 0. The van der Waals surface area contributed by atoms with Crippen molar-refractivity contribution in [3.63, 3.8) is 0 Å². The lowest BCUT2D eigenvalue weighted by atomic mass is 10.2. The normalized spacial score (nSPS) is 17.2. The van der Waals surface area contributed by atoms with Gasteiger partial charge in [0.2, 0.25) is 11.9 Å². The summed E-state index contributed by atoms with van der Waals surface area (Å²) in [5, 5.41) is 18.0. The number of halogens is 2. The lowest BCUT2D eigenvalue weighted by molar-refractivity contribution is -0.118. The van der Waals surface area contributed by atoms with Gasteiger partial charge in [-0.3, -0.25) is 14.5 Å². The SMILES string of the molecule is Cc1nc(N2CC3CC2CN3)nc2ncc(NC(=O)COc3ccc(Br)cc3)nc12.Cc1nc(N2CCN(CCO)CC2)nc2ncc(NC(=O)COc3ccc(Br)cc3)nc12. The molecule has 3 saturated heterocycles. The Bertz CT molecular complexity index is 2550. The van der Waals surface area contributed by atoms with Crippen molar-refractivity contribution < 1.29 is 24.2 Å². The molecule has 2 atom stereocenters. The van der Waals surface area contributed by atoms with Gasteiger partial charge in [-0.1, -0.05) is 31.9 Å². The molecule has 3 fully saturated rings. The minimum Gasteiger partial charge on any atom is -0.484 e. The first-order valence-electron chi connectivity index (χ1n) is 20.0. The number of carbonyl (C=O) groups is 2. The summed E-state index contributed by atoms with van der Waals surface area (Å²) in [5.41, 5.74) is 3.55. The molecule has 2 amide bonds. The third kappa shape index (κ3) is 10.6. The number of fused-ring (bicyclic) bond motifs is 4. The van der Waals surface area contributed by atoms with Crippen molar-refractivity contribution in [2.75, 3.05) is 86.1 Å². The first-order valence-corrected chi connectivity index (χ1v) is 21.6. The van der Waals surface area contributed by atoms with Crippen LogP contribution < -0.4 is 35.2 Å². The van der Waals surface area contributed by atoms with Crippen LogP contribution >= 0.6 is 31.9 Å².